The Bertz CT molecular complexity index is 272. The highest BCUT2D eigenvalue weighted by atomic mass is 19.3. The lowest BCUT2D eigenvalue weighted by Gasteiger charge is -2.39. The summed E-state index contributed by atoms with van der Waals surface area (Å²) < 4.78 is 24.2. The SMILES string of the molecule is FC(F)C1CN(c2cnccn2)C1. The van der Waals surface area contributed by atoms with Crippen molar-refractivity contribution >= 4 is 5.82 Å². The van der Waals surface area contributed by atoms with Gasteiger partial charge in [-0.15, -0.1) is 0 Å². The minimum absolute atomic E-state index is 0.385. The Morgan fingerprint density at radius 2 is 2.15 bits per heavy atom. The molecule has 0 atom stereocenters. The number of halogens is 2. The van der Waals surface area contributed by atoms with Crippen LogP contribution < -0.4 is 4.90 Å². The molecule has 2 rings (SSSR count). The zero-order valence-electron chi connectivity index (χ0n) is 6.90. The zero-order chi connectivity index (χ0) is 9.26. The van der Waals surface area contributed by atoms with Crippen molar-refractivity contribution in [2.45, 2.75) is 6.43 Å². The lowest BCUT2D eigenvalue weighted by molar-refractivity contribution is 0.0611. The molecule has 0 bridgehead atoms. The fraction of sp³-hybridized carbons (Fsp3) is 0.500. The van der Waals surface area contributed by atoms with Crippen LogP contribution in [0.1, 0.15) is 0 Å². The Hall–Kier alpha value is -1.26. The zero-order valence-corrected chi connectivity index (χ0v) is 6.90. The van der Waals surface area contributed by atoms with E-state index in [0.29, 0.717) is 18.9 Å². The molecule has 70 valence electrons. The molecular formula is C8H9F2N3. The molecule has 0 N–H and O–H groups in total. The molecule has 0 saturated carbocycles. The largest absolute Gasteiger partial charge is 0.354 e. The molecule has 1 saturated heterocycles. The molecule has 1 aliphatic rings. The maximum absolute atomic E-state index is 12.1. The van der Waals surface area contributed by atoms with Gasteiger partial charge in [-0.3, -0.25) is 4.98 Å². The van der Waals surface area contributed by atoms with Crippen LogP contribution in [0, 0.1) is 5.92 Å². The fourth-order valence-electron chi connectivity index (χ4n) is 1.31. The summed E-state index contributed by atoms with van der Waals surface area (Å²) in [5.41, 5.74) is 0. The van der Waals surface area contributed by atoms with Crippen molar-refractivity contribution in [1.82, 2.24) is 9.97 Å². The van der Waals surface area contributed by atoms with Crippen LogP contribution in [0.4, 0.5) is 14.6 Å². The van der Waals surface area contributed by atoms with Crippen LogP contribution in [0.25, 0.3) is 0 Å². The van der Waals surface area contributed by atoms with Crippen LogP contribution in [-0.2, 0) is 0 Å². The predicted octanol–water partition coefficient (Wildman–Crippen LogP) is 1.18. The molecule has 0 aliphatic carbocycles. The monoisotopic (exact) mass is 185 g/mol. The van der Waals surface area contributed by atoms with E-state index in [4.69, 9.17) is 0 Å². The van der Waals surface area contributed by atoms with Gasteiger partial charge in [-0.25, -0.2) is 13.8 Å². The Labute approximate surface area is 74.4 Å². The lowest BCUT2D eigenvalue weighted by atomic mass is 10.0. The van der Waals surface area contributed by atoms with Crippen LogP contribution >= 0.6 is 0 Å². The molecule has 0 aromatic carbocycles. The van der Waals surface area contributed by atoms with Gasteiger partial charge >= 0.3 is 0 Å². The van der Waals surface area contributed by atoms with Gasteiger partial charge in [-0.05, 0) is 0 Å². The summed E-state index contributed by atoms with van der Waals surface area (Å²) in [7, 11) is 0. The first-order chi connectivity index (χ1) is 6.27. The molecule has 0 spiro atoms. The molecule has 1 fully saturated rings. The third-order valence-electron chi connectivity index (χ3n) is 2.14. The quantitative estimate of drug-likeness (QED) is 0.692. The number of rotatable bonds is 2. The van der Waals surface area contributed by atoms with E-state index in [-0.39, 0.29) is 0 Å². The minimum Gasteiger partial charge on any atom is -0.354 e. The van der Waals surface area contributed by atoms with Crippen molar-refractivity contribution in [1.29, 1.82) is 0 Å². The molecule has 2 heterocycles. The summed E-state index contributed by atoms with van der Waals surface area (Å²) in [4.78, 5) is 9.67. The van der Waals surface area contributed by atoms with Gasteiger partial charge in [0, 0.05) is 25.5 Å². The molecule has 0 unspecified atom stereocenters. The smallest absolute Gasteiger partial charge is 0.244 e. The van der Waals surface area contributed by atoms with Crippen molar-refractivity contribution in [3.63, 3.8) is 0 Å². The van der Waals surface area contributed by atoms with Gasteiger partial charge in [-0.2, -0.15) is 0 Å². The molecule has 13 heavy (non-hydrogen) atoms. The van der Waals surface area contributed by atoms with Crippen molar-refractivity contribution in [2.24, 2.45) is 5.92 Å². The average molecular weight is 185 g/mol. The number of alkyl halides is 2. The summed E-state index contributed by atoms with van der Waals surface area (Å²) in [6.07, 6.45) is 2.49. The van der Waals surface area contributed by atoms with Gasteiger partial charge < -0.3 is 4.90 Å². The normalized spacial score (nSPS) is 17.6. The molecule has 0 amide bonds. The minimum atomic E-state index is -2.21. The highest BCUT2D eigenvalue weighted by Gasteiger charge is 2.34. The van der Waals surface area contributed by atoms with Crippen molar-refractivity contribution < 1.29 is 8.78 Å². The number of nitrogens with zero attached hydrogens (tertiary/aromatic N) is 3. The van der Waals surface area contributed by atoms with E-state index in [1.165, 1.54) is 0 Å². The van der Waals surface area contributed by atoms with E-state index in [0.717, 1.165) is 0 Å². The van der Waals surface area contributed by atoms with Crippen molar-refractivity contribution in [3.05, 3.63) is 18.6 Å². The molecule has 1 aromatic rings. The van der Waals surface area contributed by atoms with E-state index in [1.807, 2.05) is 0 Å². The van der Waals surface area contributed by atoms with Gasteiger partial charge in [0.25, 0.3) is 0 Å². The second-order valence-electron chi connectivity index (χ2n) is 3.06. The highest BCUT2D eigenvalue weighted by Crippen LogP contribution is 2.25. The standard InChI is InChI=1S/C8H9F2N3/c9-8(10)6-4-13(5-6)7-3-11-1-2-12-7/h1-3,6,8H,4-5H2. The summed E-state index contributed by atoms with van der Waals surface area (Å²) in [5, 5.41) is 0. The van der Waals surface area contributed by atoms with Gasteiger partial charge in [0.1, 0.15) is 5.82 Å². The molecule has 3 nitrogen and oxygen atoms in total. The topological polar surface area (TPSA) is 29.0 Å². The number of aromatic nitrogens is 2. The average Bonchev–Trinajstić information content (AvgIpc) is 2.02. The van der Waals surface area contributed by atoms with Crippen LogP contribution in [0.2, 0.25) is 0 Å². The predicted molar refractivity (Wildman–Crippen MR) is 43.7 cm³/mol. The Kier molecular flexibility index (Phi) is 2.08. The Balaban J connectivity index is 1.94. The van der Waals surface area contributed by atoms with E-state index >= 15 is 0 Å². The third-order valence-corrected chi connectivity index (χ3v) is 2.14. The number of anilines is 1. The third kappa shape index (κ3) is 1.59. The molecular weight excluding hydrogens is 176 g/mol. The maximum atomic E-state index is 12.1. The lowest BCUT2D eigenvalue weighted by Crippen LogP contribution is -2.50. The molecule has 1 aromatic heterocycles. The van der Waals surface area contributed by atoms with Crippen LogP contribution in [0.15, 0.2) is 18.6 Å². The Morgan fingerprint density at radius 3 is 2.69 bits per heavy atom. The van der Waals surface area contributed by atoms with E-state index in [9.17, 15) is 8.78 Å². The van der Waals surface area contributed by atoms with E-state index < -0.39 is 12.3 Å². The summed E-state index contributed by atoms with van der Waals surface area (Å²) in [6, 6.07) is 0. The maximum Gasteiger partial charge on any atom is 0.244 e. The van der Waals surface area contributed by atoms with Gasteiger partial charge in [0.2, 0.25) is 6.43 Å². The summed E-state index contributed by atoms with van der Waals surface area (Å²) in [5.74, 6) is 0.182. The number of hydrogen-bond acceptors (Lipinski definition) is 3. The van der Waals surface area contributed by atoms with E-state index in [2.05, 4.69) is 9.97 Å². The Morgan fingerprint density at radius 1 is 1.38 bits per heavy atom. The van der Waals surface area contributed by atoms with Crippen LogP contribution in [0.5, 0.6) is 0 Å². The second-order valence-corrected chi connectivity index (χ2v) is 3.06. The summed E-state index contributed by atoms with van der Waals surface area (Å²) >= 11 is 0. The first-order valence-electron chi connectivity index (χ1n) is 4.06. The number of hydrogen-bond donors (Lipinski definition) is 0. The van der Waals surface area contributed by atoms with Crippen molar-refractivity contribution in [3.8, 4) is 0 Å². The van der Waals surface area contributed by atoms with Gasteiger partial charge in [0.05, 0.1) is 12.1 Å². The summed E-state index contributed by atoms with van der Waals surface area (Å²) in [6.45, 7) is 0.771. The van der Waals surface area contributed by atoms with Crippen LogP contribution in [-0.4, -0.2) is 29.5 Å². The van der Waals surface area contributed by atoms with Gasteiger partial charge in [0.15, 0.2) is 0 Å². The van der Waals surface area contributed by atoms with Crippen LogP contribution in [0.3, 0.4) is 0 Å². The molecule has 5 heteroatoms. The fourth-order valence-corrected chi connectivity index (χ4v) is 1.31. The highest BCUT2D eigenvalue weighted by molar-refractivity contribution is 5.38. The first-order valence-corrected chi connectivity index (χ1v) is 4.06. The van der Waals surface area contributed by atoms with E-state index in [1.54, 1.807) is 23.5 Å². The molecule has 0 radical (unpaired) electrons. The van der Waals surface area contributed by atoms with Crippen molar-refractivity contribution in [2.75, 3.05) is 18.0 Å². The van der Waals surface area contributed by atoms with Gasteiger partial charge in [-0.1, -0.05) is 0 Å². The second kappa shape index (κ2) is 3.24. The molecule has 1 aliphatic heterocycles. The first kappa shape index (κ1) is 8.34.